The molecule has 176 valence electrons. The maximum absolute atomic E-state index is 14.5. The molecule has 0 spiro atoms. The number of aliphatic hydroxyl groups is 2. The topological polar surface area (TPSA) is 105 Å². The van der Waals surface area contributed by atoms with Crippen molar-refractivity contribution in [2.75, 3.05) is 13.1 Å². The van der Waals surface area contributed by atoms with Crippen LogP contribution < -0.4 is 5.56 Å². The molecule has 0 saturated carbocycles. The number of aryl methyl sites for hydroxylation is 1. The number of halogens is 1. The Morgan fingerprint density at radius 2 is 2.00 bits per heavy atom. The molecule has 3 aliphatic rings. The minimum absolute atomic E-state index is 0.0623. The second-order valence-corrected chi connectivity index (χ2v) is 9.49. The minimum atomic E-state index is -1.90. The van der Waals surface area contributed by atoms with E-state index in [1.54, 1.807) is 30.5 Å². The van der Waals surface area contributed by atoms with Gasteiger partial charge in [0.05, 0.1) is 35.1 Å². The molecule has 1 atom stereocenters. The van der Waals surface area contributed by atoms with Gasteiger partial charge in [0.1, 0.15) is 12.4 Å². The number of ether oxygens (including phenoxy) is 1. The number of hydrogen-bond acceptors (Lipinski definition) is 7. The van der Waals surface area contributed by atoms with Gasteiger partial charge in [-0.1, -0.05) is 6.92 Å². The zero-order valence-corrected chi connectivity index (χ0v) is 18.9. The first kappa shape index (κ1) is 21.4. The molecule has 34 heavy (non-hydrogen) atoms. The molecule has 0 bridgehead atoms. The van der Waals surface area contributed by atoms with Crippen LogP contribution in [-0.2, 0) is 34.8 Å². The summed E-state index contributed by atoms with van der Waals surface area (Å²) in [4.78, 5) is 32.7. The summed E-state index contributed by atoms with van der Waals surface area (Å²) in [5.41, 5.74) is 2.09. The average molecular weight is 465 g/mol. The third kappa shape index (κ3) is 2.84. The number of carbonyl (C=O) groups is 1. The molecule has 3 aliphatic heterocycles. The number of pyridine rings is 2. The number of fused-ring (bicyclic) bond motifs is 5. The lowest BCUT2D eigenvalue weighted by Gasteiger charge is -2.36. The number of nitrogens with zero attached hydrogens (tertiary/aromatic N) is 3. The third-order valence-electron chi connectivity index (χ3n) is 7.41. The molecule has 9 heteroatoms. The number of carbonyl (C=O) groups excluding carboxylic acids is 1. The number of benzene rings is 1. The second-order valence-electron chi connectivity index (χ2n) is 9.49. The highest BCUT2D eigenvalue weighted by Gasteiger charge is 2.45. The Balaban J connectivity index is 1.61. The van der Waals surface area contributed by atoms with Crippen LogP contribution in [0.3, 0.4) is 0 Å². The van der Waals surface area contributed by atoms with Gasteiger partial charge in [-0.2, -0.15) is 0 Å². The van der Waals surface area contributed by atoms with E-state index < -0.39 is 11.6 Å². The molecule has 2 N–H and O–H groups in total. The fraction of sp³-hybridized carbons (Fsp3) is 0.400. The molecule has 0 aliphatic carbocycles. The van der Waals surface area contributed by atoms with Gasteiger partial charge >= 0.3 is 5.97 Å². The summed E-state index contributed by atoms with van der Waals surface area (Å²) >= 11 is 0. The highest BCUT2D eigenvalue weighted by atomic mass is 19.1. The van der Waals surface area contributed by atoms with E-state index in [2.05, 4.69) is 4.90 Å². The van der Waals surface area contributed by atoms with Crippen LogP contribution in [0, 0.1) is 12.7 Å². The second kappa shape index (κ2) is 7.18. The summed E-state index contributed by atoms with van der Waals surface area (Å²) < 4.78 is 21.2. The van der Waals surface area contributed by atoms with E-state index in [0.717, 1.165) is 16.5 Å². The van der Waals surface area contributed by atoms with Gasteiger partial charge in [0, 0.05) is 42.2 Å². The third-order valence-corrected chi connectivity index (χ3v) is 7.41. The zero-order valence-electron chi connectivity index (χ0n) is 18.9. The monoisotopic (exact) mass is 465 g/mol. The molecule has 8 nitrogen and oxygen atoms in total. The predicted octanol–water partition coefficient (Wildman–Crippen LogP) is 1.70. The number of aromatic nitrogens is 2. The number of cyclic esters (lactones) is 1. The van der Waals surface area contributed by atoms with Gasteiger partial charge in [0.2, 0.25) is 0 Å². The Morgan fingerprint density at radius 3 is 2.71 bits per heavy atom. The number of esters is 1. The maximum Gasteiger partial charge on any atom is 0.343 e. The number of hydrogen-bond donors (Lipinski definition) is 2. The van der Waals surface area contributed by atoms with E-state index in [4.69, 9.17) is 9.72 Å². The van der Waals surface area contributed by atoms with Crippen molar-refractivity contribution in [1.82, 2.24) is 14.5 Å². The average Bonchev–Trinajstić information content (AvgIpc) is 3.15. The van der Waals surface area contributed by atoms with E-state index in [1.807, 2.05) is 0 Å². The molecule has 1 fully saturated rings. The van der Waals surface area contributed by atoms with Crippen molar-refractivity contribution < 1.29 is 24.1 Å². The van der Waals surface area contributed by atoms with E-state index >= 15 is 0 Å². The van der Waals surface area contributed by atoms with E-state index in [0.29, 0.717) is 42.1 Å². The van der Waals surface area contributed by atoms with Gasteiger partial charge in [-0.3, -0.25) is 9.69 Å². The SMILES string of the molecule is CC[C@@]1(O)C(=O)OCc2c1cc1n(c2=O)Cc2c-1nc1cc(F)c(C)cc1c2CN1CC(O)C1. The Bertz CT molecular complexity index is 1460. The van der Waals surface area contributed by atoms with Gasteiger partial charge in [0.15, 0.2) is 5.60 Å². The van der Waals surface area contributed by atoms with Gasteiger partial charge in [0.25, 0.3) is 5.56 Å². The van der Waals surface area contributed by atoms with Crippen molar-refractivity contribution in [2.24, 2.45) is 0 Å². The van der Waals surface area contributed by atoms with Gasteiger partial charge in [-0.25, -0.2) is 14.2 Å². The number of likely N-dealkylation sites (tertiary alicyclic amines) is 1. The number of β-amino-alcohol motifs (C(OH)–C–C–N with tert-alkyl or cyclic N) is 1. The van der Waals surface area contributed by atoms with E-state index in [-0.39, 0.29) is 48.2 Å². The fourth-order valence-corrected chi connectivity index (χ4v) is 5.37. The van der Waals surface area contributed by atoms with Crippen LogP contribution in [0.15, 0.2) is 23.0 Å². The van der Waals surface area contributed by atoms with E-state index in [9.17, 15) is 24.2 Å². The minimum Gasteiger partial charge on any atom is -0.458 e. The molecule has 1 aromatic carbocycles. The molecule has 0 amide bonds. The van der Waals surface area contributed by atoms with Crippen LogP contribution >= 0.6 is 0 Å². The Hall–Kier alpha value is -3.14. The highest BCUT2D eigenvalue weighted by Crippen LogP contribution is 2.41. The molecule has 5 heterocycles. The lowest BCUT2D eigenvalue weighted by molar-refractivity contribution is -0.172. The van der Waals surface area contributed by atoms with Gasteiger partial charge in [-0.15, -0.1) is 0 Å². The van der Waals surface area contributed by atoms with Gasteiger partial charge < -0.3 is 19.5 Å². The van der Waals surface area contributed by atoms with Crippen LogP contribution in [-0.4, -0.2) is 49.8 Å². The molecule has 3 aromatic rings. The molecular formula is C25H24FN3O5. The van der Waals surface area contributed by atoms with Crippen molar-refractivity contribution in [2.45, 2.75) is 51.7 Å². The summed E-state index contributed by atoms with van der Waals surface area (Å²) in [5.74, 6) is -1.14. The zero-order chi connectivity index (χ0) is 23.9. The summed E-state index contributed by atoms with van der Waals surface area (Å²) in [7, 11) is 0. The van der Waals surface area contributed by atoms with Gasteiger partial charge in [-0.05, 0) is 36.6 Å². The first-order valence-electron chi connectivity index (χ1n) is 11.4. The molecular weight excluding hydrogens is 441 g/mol. The lowest BCUT2D eigenvalue weighted by atomic mass is 9.86. The first-order chi connectivity index (χ1) is 16.2. The van der Waals surface area contributed by atoms with Crippen LogP contribution in [0.25, 0.3) is 22.3 Å². The molecule has 0 radical (unpaired) electrons. The van der Waals surface area contributed by atoms with Crippen LogP contribution in [0.5, 0.6) is 0 Å². The van der Waals surface area contributed by atoms with Crippen molar-refractivity contribution >= 4 is 16.9 Å². The lowest BCUT2D eigenvalue weighted by Crippen LogP contribution is -2.50. The fourth-order valence-electron chi connectivity index (χ4n) is 5.37. The highest BCUT2D eigenvalue weighted by molar-refractivity contribution is 5.89. The Kier molecular flexibility index (Phi) is 4.52. The Morgan fingerprint density at radius 1 is 1.24 bits per heavy atom. The summed E-state index contributed by atoms with van der Waals surface area (Å²) in [6.45, 7) is 5.07. The number of aliphatic hydroxyl groups excluding tert-OH is 1. The molecule has 2 aromatic heterocycles. The summed E-state index contributed by atoms with van der Waals surface area (Å²) in [6, 6.07) is 4.84. The van der Waals surface area contributed by atoms with Crippen LogP contribution in [0.4, 0.5) is 4.39 Å². The summed E-state index contributed by atoms with van der Waals surface area (Å²) in [5, 5.41) is 21.6. The summed E-state index contributed by atoms with van der Waals surface area (Å²) in [6.07, 6.45) is -0.302. The maximum atomic E-state index is 14.5. The molecule has 0 unspecified atom stereocenters. The quantitative estimate of drug-likeness (QED) is 0.444. The van der Waals surface area contributed by atoms with Crippen LogP contribution in [0.1, 0.15) is 41.2 Å². The van der Waals surface area contributed by atoms with Crippen molar-refractivity contribution in [1.29, 1.82) is 0 Å². The Labute approximate surface area is 194 Å². The normalized spacial score (nSPS) is 21.7. The van der Waals surface area contributed by atoms with Crippen molar-refractivity contribution in [3.63, 3.8) is 0 Å². The molecule has 1 saturated heterocycles. The smallest absolute Gasteiger partial charge is 0.343 e. The molecule has 6 rings (SSSR count). The van der Waals surface area contributed by atoms with Crippen LogP contribution in [0.2, 0.25) is 0 Å². The number of rotatable bonds is 3. The van der Waals surface area contributed by atoms with E-state index in [1.165, 1.54) is 6.07 Å². The standard InChI is InChI=1S/C25H24FN3O5/c1-3-25(33)18-5-21-22-16(10-29(21)23(31)17(18)11-34-24(25)32)15(9-28-7-13(30)8-28)14-4-12(2)19(26)6-20(14)27-22/h4-6,13,30,33H,3,7-11H2,1-2H3/t25-/m0/s1. The largest absolute Gasteiger partial charge is 0.458 e. The first-order valence-corrected chi connectivity index (χ1v) is 11.4. The predicted molar refractivity (Wildman–Crippen MR) is 121 cm³/mol. The van der Waals surface area contributed by atoms with Crippen molar-refractivity contribution in [3.05, 3.63) is 62.2 Å². The van der Waals surface area contributed by atoms with Crippen molar-refractivity contribution in [3.8, 4) is 11.4 Å².